The van der Waals surface area contributed by atoms with Gasteiger partial charge in [-0.2, -0.15) is 0 Å². The SMILES string of the molecule is CCC(NC(CC)C(C)C(C)C)C(C)C. The van der Waals surface area contributed by atoms with E-state index >= 15 is 0 Å². The van der Waals surface area contributed by atoms with Crippen LogP contribution in [0.3, 0.4) is 0 Å². The van der Waals surface area contributed by atoms with E-state index in [0.29, 0.717) is 12.1 Å². The van der Waals surface area contributed by atoms with Crippen LogP contribution in [0.4, 0.5) is 0 Å². The fourth-order valence-electron chi connectivity index (χ4n) is 2.16. The van der Waals surface area contributed by atoms with Crippen LogP contribution in [0.25, 0.3) is 0 Å². The van der Waals surface area contributed by atoms with Crippen LogP contribution in [-0.4, -0.2) is 12.1 Å². The van der Waals surface area contributed by atoms with Gasteiger partial charge in [-0.15, -0.1) is 0 Å². The smallest absolute Gasteiger partial charge is 0.00952 e. The minimum atomic E-state index is 0.677. The molecule has 0 saturated carbocycles. The maximum Gasteiger partial charge on any atom is 0.00952 e. The van der Waals surface area contributed by atoms with Crippen molar-refractivity contribution in [3.63, 3.8) is 0 Å². The summed E-state index contributed by atoms with van der Waals surface area (Å²) in [5.41, 5.74) is 0. The second-order valence-corrected chi connectivity index (χ2v) is 5.54. The van der Waals surface area contributed by atoms with Crippen LogP contribution in [0, 0.1) is 17.8 Å². The molecule has 0 aromatic carbocycles. The molecule has 0 aliphatic rings. The highest BCUT2D eigenvalue weighted by Gasteiger charge is 2.22. The monoisotopic (exact) mass is 213 g/mol. The Balaban J connectivity index is 4.30. The summed E-state index contributed by atoms with van der Waals surface area (Å²) in [6.07, 6.45) is 2.47. The molecule has 0 spiro atoms. The second kappa shape index (κ2) is 7.27. The molecular formula is C14H31N. The Morgan fingerprint density at radius 3 is 1.47 bits per heavy atom. The van der Waals surface area contributed by atoms with Gasteiger partial charge in [-0.05, 0) is 30.6 Å². The first-order valence-corrected chi connectivity index (χ1v) is 6.69. The van der Waals surface area contributed by atoms with Gasteiger partial charge in [0.1, 0.15) is 0 Å². The van der Waals surface area contributed by atoms with Gasteiger partial charge in [-0.3, -0.25) is 0 Å². The lowest BCUT2D eigenvalue weighted by molar-refractivity contribution is 0.242. The van der Waals surface area contributed by atoms with Gasteiger partial charge in [0.25, 0.3) is 0 Å². The number of rotatable bonds is 7. The second-order valence-electron chi connectivity index (χ2n) is 5.54. The first-order chi connectivity index (χ1) is 6.93. The van der Waals surface area contributed by atoms with E-state index in [0.717, 1.165) is 17.8 Å². The third kappa shape index (κ3) is 5.01. The first-order valence-electron chi connectivity index (χ1n) is 6.69. The Labute approximate surface area is 97.0 Å². The van der Waals surface area contributed by atoms with Crippen molar-refractivity contribution in [2.75, 3.05) is 0 Å². The van der Waals surface area contributed by atoms with Crippen molar-refractivity contribution in [3.8, 4) is 0 Å². The Hall–Kier alpha value is -0.0400. The fourth-order valence-corrected chi connectivity index (χ4v) is 2.16. The molecule has 92 valence electrons. The normalized spacial score (nSPS) is 18.2. The van der Waals surface area contributed by atoms with Gasteiger partial charge in [-0.1, -0.05) is 48.5 Å². The van der Waals surface area contributed by atoms with Crippen LogP contribution in [0.2, 0.25) is 0 Å². The molecule has 1 heteroatoms. The zero-order valence-corrected chi connectivity index (χ0v) is 11.8. The third-order valence-electron chi connectivity index (χ3n) is 3.80. The molecule has 15 heavy (non-hydrogen) atoms. The van der Waals surface area contributed by atoms with E-state index in [-0.39, 0.29) is 0 Å². The summed E-state index contributed by atoms with van der Waals surface area (Å²) in [6, 6.07) is 1.36. The molecule has 3 atom stereocenters. The van der Waals surface area contributed by atoms with Crippen molar-refractivity contribution in [3.05, 3.63) is 0 Å². The van der Waals surface area contributed by atoms with Crippen molar-refractivity contribution < 1.29 is 0 Å². The molecule has 0 saturated heterocycles. The number of hydrogen-bond donors (Lipinski definition) is 1. The standard InChI is InChI=1S/C14H31N/c1-8-13(11(5)6)15-14(9-2)12(7)10(3)4/h10-15H,8-9H2,1-7H3. The highest BCUT2D eigenvalue weighted by Crippen LogP contribution is 2.19. The molecule has 0 amide bonds. The molecule has 3 unspecified atom stereocenters. The Kier molecular flexibility index (Phi) is 7.25. The zero-order valence-electron chi connectivity index (χ0n) is 11.8. The highest BCUT2D eigenvalue weighted by atomic mass is 15.0. The third-order valence-corrected chi connectivity index (χ3v) is 3.80. The lowest BCUT2D eigenvalue weighted by atomic mass is 9.87. The topological polar surface area (TPSA) is 12.0 Å². The Bertz CT molecular complexity index is 151. The van der Waals surface area contributed by atoms with Gasteiger partial charge in [0.2, 0.25) is 0 Å². The first kappa shape index (κ1) is 15.0. The highest BCUT2D eigenvalue weighted by molar-refractivity contribution is 4.79. The predicted molar refractivity (Wildman–Crippen MR) is 70.1 cm³/mol. The molecule has 0 radical (unpaired) electrons. The Morgan fingerprint density at radius 1 is 0.733 bits per heavy atom. The minimum Gasteiger partial charge on any atom is -0.311 e. The minimum absolute atomic E-state index is 0.677. The van der Waals surface area contributed by atoms with E-state index in [9.17, 15) is 0 Å². The van der Waals surface area contributed by atoms with Crippen molar-refractivity contribution in [2.45, 2.75) is 73.4 Å². The average Bonchev–Trinajstić information content (AvgIpc) is 2.18. The summed E-state index contributed by atoms with van der Waals surface area (Å²) in [4.78, 5) is 0. The lowest BCUT2D eigenvalue weighted by Gasteiger charge is -2.32. The molecule has 0 aromatic heterocycles. The summed E-state index contributed by atoms with van der Waals surface area (Å²) in [6.45, 7) is 16.2. The summed E-state index contributed by atoms with van der Waals surface area (Å²) >= 11 is 0. The van der Waals surface area contributed by atoms with Crippen molar-refractivity contribution in [1.29, 1.82) is 0 Å². The van der Waals surface area contributed by atoms with Crippen molar-refractivity contribution in [1.82, 2.24) is 5.32 Å². The maximum atomic E-state index is 3.83. The molecule has 0 aliphatic heterocycles. The van der Waals surface area contributed by atoms with Gasteiger partial charge in [0, 0.05) is 12.1 Å². The van der Waals surface area contributed by atoms with Crippen molar-refractivity contribution in [2.24, 2.45) is 17.8 Å². The molecule has 0 bridgehead atoms. The van der Waals surface area contributed by atoms with E-state index in [2.05, 4.69) is 53.8 Å². The van der Waals surface area contributed by atoms with Crippen LogP contribution < -0.4 is 5.32 Å². The van der Waals surface area contributed by atoms with Gasteiger partial charge >= 0.3 is 0 Å². The average molecular weight is 213 g/mol. The largest absolute Gasteiger partial charge is 0.311 e. The van der Waals surface area contributed by atoms with E-state index < -0.39 is 0 Å². The van der Waals surface area contributed by atoms with E-state index in [1.807, 2.05) is 0 Å². The van der Waals surface area contributed by atoms with Crippen LogP contribution in [-0.2, 0) is 0 Å². The van der Waals surface area contributed by atoms with Crippen LogP contribution in [0.1, 0.15) is 61.3 Å². The zero-order chi connectivity index (χ0) is 12.0. The molecular weight excluding hydrogens is 182 g/mol. The van der Waals surface area contributed by atoms with Crippen LogP contribution in [0.5, 0.6) is 0 Å². The van der Waals surface area contributed by atoms with Crippen LogP contribution >= 0.6 is 0 Å². The molecule has 0 rings (SSSR count). The van der Waals surface area contributed by atoms with Gasteiger partial charge < -0.3 is 5.32 Å². The quantitative estimate of drug-likeness (QED) is 0.672. The molecule has 0 aromatic rings. The Morgan fingerprint density at radius 2 is 1.20 bits per heavy atom. The van der Waals surface area contributed by atoms with E-state index in [4.69, 9.17) is 0 Å². The molecule has 0 heterocycles. The number of hydrogen-bond acceptors (Lipinski definition) is 1. The summed E-state index contributed by atoms with van der Waals surface area (Å²) < 4.78 is 0. The molecule has 1 N–H and O–H groups in total. The van der Waals surface area contributed by atoms with Gasteiger partial charge in [-0.25, -0.2) is 0 Å². The predicted octanol–water partition coefficient (Wildman–Crippen LogP) is 4.08. The van der Waals surface area contributed by atoms with Gasteiger partial charge in [0.05, 0.1) is 0 Å². The molecule has 0 aliphatic carbocycles. The lowest BCUT2D eigenvalue weighted by Crippen LogP contribution is -2.45. The summed E-state index contributed by atoms with van der Waals surface area (Å²) in [5.74, 6) is 2.28. The van der Waals surface area contributed by atoms with Crippen LogP contribution in [0.15, 0.2) is 0 Å². The summed E-state index contributed by atoms with van der Waals surface area (Å²) in [7, 11) is 0. The maximum absolute atomic E-state index is 3.83. The fraction of sp³-hybridized carbons (Fsp3) is 1.00. The molecule has 0 fully saturated rings. The van der Waals surface area contributed by atoms with E-state index in [1.165, 1.54) is 12.8 Å². The summed E-state index contributed by atoms with van der Waals surface area (Å²) in [5, 5.41) is 3.83. The van der Waals surface area contributed by atoms with Crippen molar-refractivity contribution >= 4 is 0 Å². The molecule has 1 nitrogen and oxygen atoms in total. The number of nitrogens with one attached hydrogen (secondary N) is 1. The van der Waals surface area contributed by atoms with E-state index in [1.54, 1.807) is 0 Å². The van der Waals surface area contributed by atoms with Gasteiger partial charge in [0.15, 0.2) is 0 Å².